The topological polar surface area (TPSA) is 110 Å². The fourth-order valence-electron chi connectivity index (χ4n) is 6.30. The normalized spacial score (nSPS) is 20.2. The number of likely N-dealkylation sites (tertiary alicyclic amines) is 1. The maximum atomic E-state index is 13.2. The summed E-state index contributed by atoms with van der Waals surface area (Å²) in [7, 11) is 3.48. The number of esters is 1. The molecule has 2 aliphatic rings. The fourth-order valence-corrected chi connectivity index (χ4v) is 6.30. The van der Waals surface area contributed by atoms with Gasteiger partial charge in [0.2, 0.25) is 0 Å². The maximum absolute atomic E-state index is 13.2. The third kappa shape index (κ3) is 5.99. The van der Waals surface area contributed by atoms with Crippen LogP contribution in [0.4, 0.5) is 10.5 Å². The van der Waals surface area contributed by atoms with Gasteiger partial charge in [-0.15, -0.1) is 10.2 Å². The second kappa shape index (κ2) is 11.9. The number of benzene rings is 2. The first kappa shape index (κ1) is 29.6. The number of amides is 2. The first-order chi connectivity index (χ1) is 21.1. The number of methoxy groups -OCH3 is 1. The highest BCUT2D eigenvalue weighted by Crippen LogP contribution is 2.39. The Hall–Kier alpha value is -4.44. The summed E-state index contributed by atoms with van der Waals surface area (Å²) in [5.74, 6) is 1.25. The zero-order valence-corrected chi connectivity index (χ0v) is 26.0. The van der Waals surface area contributed by atoms with E-state index in [1.165, 1.54) is 7.11 Å². The molecule has 3 heterocycles. The molecule has 0 radical (unpaired) electrons. The van der Waals surface area contributed by atoms with E-state index in [2.05, 4.69) is 59.6 Å². The summed E-state index contributed by atoms with van der Waals surface area (Å²) < 4.78 is 13.6. The van der Waals surface area contributed by atoms with Crippen molar-refractivity contribution in [1.82, 2.24) is 24.8 Å². The Morgan fingerprint density at radius 3 is 2.50 bits per heavy atom. The van der Waals surface area contributed by atoms with E-state index in [0.717, 1.165) is 59.7 Å². The van der Waals surface area contributed by atoms with Crippen molar-refractivity contribution in [3.63, 3.8) is 0 Å². The van der Waals surface area contributed by atoms with E-state index >= 15 is 0 Å². The Balaban J connectivity index is 1.19. The first-order valence-corrected chi connectivity index (χ1v) is 15.2. The Bertz CT molecular complexity index is 1690. The zero-order chi connectivity index (χ0) is 31.0. The molecule has 1 saturated heterocycles. The van der Waals surface area contributed by atoms with Crippen LogP contribution >= 0.6 is 0 Å². The van der Waals surface area contributed by atoms with Gasteiger partial charge in [-0.2, -0.15) is 0 Å². The number of nitrogens with zero attached hydrogens (tertiary/aromatic N) is 4. The number of hydrogen-bond acceptors (Lipinski definition) is 7. The van der Waals surface area contributed by atoms with Crippen molar-refractivity contribution in [3.05, 3.63) is 88.9 Å². The molecule has 1 aliphatic carbocycles. The largest absolute Gasteiger partial charge is 0.484 e. The van der Waals surface area contributed by atoms with Gasteiger partial charge in [-0.25, -0.2) is 9.59 Å². The maximum Gasteiger partial charge on any atom is 0.337 e. The SMILES string of the molecule is COC(=O)c1cc(NC(=O)N[C@H]2CC[C@@H](Oc3ccc4nnc([C@@H]5CCCN5C)n4c3)c3ccccc32)cc(C(C)(C)C)c1. The van der Waals surface area contributed by atoms with Crippen LogP contribution in [0, 0.1) is 0 Å². The van der Waals surface area contributed by atoms with E-state index in [1.54, 1.807) is 6.07 Å². The molecule has 2 aromatic carbocycles. The molecule has 4 aromatic rings. The van der Waals surface area contributed by atoms with E-state index < -0.39 is 5.97 Å². The summed E-state index contributed by atoms with van der Waals surface area (Å²) in [4.78, 5) is 27.9. The van der Waals surface area contributed by atoms with Gasteiger partial charge >= 0.3 is 12.0 Å². The highest BCUT2D eigenvalue weighted by atomic mass is 16.5. The van der Waals surface area contributed by atoms with Crippen molar-refractivity contribution in [2.75, 3.05) is 26.0 Å². The van der Waals surface area contributed by atoms with Crippen LogP contribution in [0.2, 0.25) is 0 Å². The molecular weight excluding hydrogens is 556 g/mol. The Morgan fingerprint density at radius 1 is 0.977 bits per heavy atom. The second-order valence-electron chi connectivity index (χ2n) is 12.8. The summed E-state index contributed by atoms with van der Waals surface area (Å²) in [5, 5.41) is 15.0. The van der Waals surface area contributed by atoms with Gasteiger partial charge in [-0.3, -0.25) is 9.30 Å². The van der Waals surface area contributed by atoms with E-state index in [9.17, 15) is 9.59 Å². The highest BCUT2D eigenvalue weighted by Gasteiger charge is 2.31. The van der Waals surface area contributed by atoms with Gasteiger partial charge in [-0.1, -0.05) is 45.0 Å². The van der Waals surface area contributed by atoms with Crippen molar-refractivity contribution in [2.24, 2.45) is 0 Å². The molecule has 10 nitrogen and oxygen atoms in total. The van der Waals surface area contributed by atoms with Crippen LogP contribution < -0.4 is 15.4 Å². The molecule has 0 spiro atoms. The molecule has 10 heteroatoms. The average Bonchev–Trinajstić information content (AvgIpc) is 3.62. The number of aromatic nitrogens is 3. The molecule has 3 atom stereocenters. The lowest BCUT2D eigenvalue weighted by Crippen LogP contribution is -2.35. The number of ether oxygens (including phenoxy) is 2. The van der Waals surface area contributed by atoms with E-state index in [-0.39, 0.29) is 29.6 Å². The minimum atomic E-state index is -0.447. The van der Waals surface area contributed by atoms with Gasteiger partial charge in [0.05, 0.1) is 31.0 Å². The molecule has 0 saturated carbocycles. The monoisotopic (exact) mass is 596 g/mol. The van der Waals surface area contributed by atoms with Crippen molar-refractivity contribution < 1.29 is 19.1 Å². The predicted molar refractivity (Wildman–Crippen MR) is 168 cm³/mol. The summed E-state index contributed by atoms with van der Waals surface area (Å²) in [6.45, 7) is 7.23. The summed E-state index contributed by atoms with van der Waals surface area (Å²) >= 11 is 0. The average molecular weight is 597 g/mol. The van der Waals surface area contributed by atoms with Crippen LogP contribution in [0.3, 0.4) is 0 Å². The summed E-state index contributed by atoms with van der Waals surface area (Å²) in [5.41, 5.74) is 4.51. The number of nitrogens with one attached hydrogen (secondary N) is 2. The Labute approximate surface area is 257 Å². The van der Waals surface area contributed by atoms with Gasteiger partial charge in [0.15, 0.2) is 11.5 Å². The van der Waals surface area contributed by atoms with Crippen LogP contribution in [0.5, 0.6) is 5.75 Å². The molecule has 0 unspecified atom stereocenters. The van der Waals surface area contributed by atoms with Gasteiger partial charge in [0.1, 0.15) is 11.9 Å². The third-order valence-corrected chi connectivity index (χ3v) is 8.72. The van der Waals surface area contributed by atoms with Crippen LogP contribution in [-0.2, 0) is 10.2 Å². The number of urea groups is 1. The van der Waals surface area contributed by atoms with Crippen LogP contribution in [-0.4, -0.2) is 52.2 Å². The molecule has 44 heavy (non-hydrogen) atoms. The number of anilines is 1. The zero-order valence-electron chi connectivity index (χ0n) is 26.0. The van der Waals surface area contributed by atoms with Crippen molar-refractivity contribution in [1.29, 1.82) is 0 Å². The number of carbonyl (C=O) groups excluding carboxylic acids is 2. The van der Waals surface area contributed by atoms with Crippen molar-refractivity contribution in [3.8, 4) is 5.75 Å². The molecule has 230 valence electrons. The van der Waals surface area contributed by atoms with E-state index in [1.807, 2.05) is 53.1 Å². The lowest BCUT2D eigenvalue weighted by atomic mass is 9.85. The smallest absolute Gasteiger partial charge is 0.337 e. The molecular formula is C34H40N6O4. The molecule has 6 rings (SSSR count). The summed E-state index contributed by atoms with van der Waals surface area (Å²) in [6.07, 6.45) is 5.48. The molecule has 1 fully saturated rings. The van der Waals surface area contributed by atoms with Gasteiger partial charge < -0.3 is 20.1 Å². The minimum absolute atomic E-state index is 0.162. The van der Waals surface area contributed by atoms with Crippen LogP contribution in [0.25, 0.3) is 5.65 Å². The number of pyridine rings is 1. The third-order valence-electron chi connectivity index (χ3n) is 8.72. The Morgan fingerprint density at radius 2 is 1.77 bits per heavy atom. The standard InChI is InChI=1S/C34H40N6O4/c1-34(2,3)22-17-21(32(41)43-5)18-23(19-22)35-33(42)36-27-13-14-29(26-10-7-6-9-25(26)27)44-24-12-15-30-37-38-31(40(30)20-24)28-11-8-16-39(28)4/h6-7,9-10,12,15,17-20,27-29H,8,11,13-14,16H2,1-5H3,(H2,35,36,42)/t27-,28-,29+/m0/s1. The molecule has 2 amide bonds. The fraction of sp³-hybridized carbons (Fsp3) is 0.412. The van der Waals surface area contributed by atoms with Gasteiger partial charge in [0.25, 0.3) is 0 Å². The van der Waals surface area contributed by atoms with Gasteiger partial charge in [0, 0.05) is 5.69 Å². The number of fused-ring (bicyclic) bond motifs is 2. The van der Waals surface area contributed by atoms with E-state index in [4.69, 9.17) is 9.47 Å². The highest BCUT2D eigenvalue weighted by molar-refractivity contribution is 5.94. The lowest BCUT2D eigenvalue weighted by molar-refractivity contribution is 0.0600. The molecule has 0 bridgehead atoms. The molecule has 1 aliphatic heterocycles. The van der Waals surface area contributed by atoms with Crippen LogP contribution in [0.15, 0.2) is 60.8 Å². The second-order valence-corrected chi connectivity index (χ2v) is 12.8. The molecule has 2 N–H and O–H groups in total. The lowest BCUT2D eigenvalue weighted by Gasteiger charge is -2.32. The quantitative estimate of drug-likeness (QED) is 0.249. The van der Waals surface area contributed by atoms with Crippen molar-refractivity contribution in [2.45, 2.75) is 70.1 Å². The predicted octanol–water partition coefficient (Wildman–Crippen LogP) is 6.36. The number of hydrogen-bond donors (Lipinski definition) is 2. The summed E-state index contributed by atoms with van der Waals surface area (Å²) in [6, 6.07) is 17.0. The number of rotatable bonds is 6. The Kier molecular flexibility index (Phi) is 8.02. The van der Waals surface area contributed by atoms with Crippen LogP contribution in [0.1, 0.15) is 97.5 Å². The minimum Gasteiger partial charge on any atom is -0.484 e. The van der Waals surface area contributed by atoms with Crippen molar-refractivity contribution >= 4 is 23.3 Å². The molecule has 2 aromatic heterocycles. The first-order valence-electron chi connectivity index (χ1n) is 15.2. The van der Waals surface area contributed by atoms with Gasteiger partial charge in [-0.05, 0) is 91.7 Å². The van der Waals surface area contributed by atoms with E-state index in [0.29, 0.717) is 17.7 Å². The number of carbonyl (C=O) groups is 2.